The van der Waals surface area contributed by atoms with Crippen molar-refractivity contribution in [1.82, 2.24) is 5.32 Å². The Labute approximate surface area is 124 Å². The largest absolute Gasteiger partial charge is 0.461 e. The molecule has 0 saturated heterocycles. The minimum atomic E-state index is -3.00. The van der Waals surface area contributed by atoms with Crippen LogP contribution in [0.5, 0.6) is 0 Å². The molecule has 0 saturated carbocycles. The molecule has 6 heteroatoms. The number of sulfone groups is 1. The van der Waals surface area contributed by atoms with E-state index in [1.54, 1.807) is 13.3 Å². The second kappa shape index (κ2) is 6.58. The Hall–Kier alpha value is -2.08. The Balaban J connectivity index is 1.98. The summed E-state index contributed by atoms with van der Waals surface area (Å²) in [5.41, 5.74) is 1.83. The fourth-order valence-corrected chi connectivity index (χ4v) is 2.73. The Kier molecular flexibility index (Phi) is 4.80. The van der Waals surface area contributed by atoms with Gasteiger partial charge in [0.2, 0.25) is 0 Å². The average molecular weight is 306 g/mol. The monoisotopic (exact) mass is 306 g/mol. The van der Waals surface area contributed by atoms with E-state index in [9.17, 15) is 8.42 Å². The van der Waals surface area contributed by atoms with Crippen molar-refractivity contribution in [2.75, 3.05) is 13.3 Å². The molecule has 0 aliphatic rings. The van der Waals surface area contributed by atoms with Gasteiger partial charge in [0.05, 0.1) is 12.0 Å². The molecule has 0 atom stereocenters. The summed E-state index contributed by atoms with van der Waals surface area (Å²) in [6.45, 7) is 0.590. The minimum absolute atomic E-state index is 0.0643. The maximum Gasteiger partial charge on any atom is 0.168 e. The number of furan rings is 1. The van der Waals surface area contributed by atoms with Crippen LogP contribution in [0.3, 0.4) is 0 Å². The van der Waals surface area contributed by atoms with Gasteiger partial charge in [-0.15, -0.1) is 0 Å². The van der Waals surface area contributed by atoms with E-state index in [0.29, 0.717) is 18.1 Å². The molecular weight excluding hydrogens is 288 g/mol. The third-order valence-electron chi connectivity index (χ3n) is 2.89. The number of rotatable bonds is 5. The molecule has 5 nitrogen and oxygen atoms in total. The molecule has 2 aromatic rings. The van der Waals surface area contributed by atoms with E-state index in [2.05, 4.69) is 10.3 Å². The minimum Gasteiger partial charge on any atom is -0.461 e. The van der Waals surface area contributed by atoms with Crippen molar-refractivity contribution in [3.05, 3.63) is 59.5 Å². The second-order valence-corrected chi connectivity index (χ2v) is 6.93. The van der Waals surface area contributed by atoms with Gasteiger partial charge in [-0.3, -0.25) is 4.99 Å². The van der Waals surface area contributed by atoms with Gasteiger partial charge in [0.25, 0.3) is 0 Å². The van der Waals surface area contributed by atoms with Crippen molar-refractivity contribution < 1.29 is 12.8 Å². The molecule has 2 rings (SSSR count). The summed E-state index contributed by atoms with van der Waals surface area (Å²) in [4.78, 5) is 4.14. The Bertz CT molecular complexity index is 702. The Morgan fingerprint density at radius 2 is 1.86 bits per heavy atom. The van der Waals surface area contributed by atoms with E-state index in [1.165, 1.54) is 6.26 Å². The molecular formula is C15H18N2O3S. The zero-order valence-electron chi connectivity index (χ0n) is 12.0. The van der Waals surface area contributed by atoms with Gasteiger partial charge in [0, 0.05) is 19.8 Å². The van der Waals surface area contributed by atoms with Crippen LogP contribution in [0.15, 0.2) is 52.1 Å². The number of nitrogens with zero attached hydrogens (tertiary/aromatic N) is 1. The molecule has 112 valence electrons. The summed E-state index contributed by atoms with van der Waals surface area (Å²) in [6, 6.07) is 11.1. The Morgan fingerprint density at radius 3 is 2.38 bits per heavy atom. The maximum atomic E-state index is 11.2. The van der Waals surface area contributed by atoms with E-state index in [-0.39, 0.29) is 5.75 Å². The van der Waals surface area contributed by atoms with Crippen molar-refractivity contribution >= 4 is 15.7 Å². The summed E-state index contributed by atoms with van der Waals surface area (Å²) in [5, 5.41) is 3.19. The first-order valence-corrected chi connectivity index (χ1v) is 8.54. The highest BCUT2D eigenvalue weighted by atomic mass is 32.2. The standard InChI is InChI=1S/C15H18N2O3S/c1-16-15(14-4-3-9-20-14)17-10-12-5-7-13(8-6-12)11-21(2,18)19/h3-9H,10-11H2,1-2H3,(H,16,17). The lowest BCUT2D eigenvalue weighted by molar-refractivity contribution is 0.553. The number of benzene rings is 1. The molecule has 0 spiro atoms. The number of amidine groups is 1. The third kappa shape index (κ3) is 4.75. The van der Waals surface area contributed by atoms with E-state index in [0.717, 1.165) is 11.1 Å². The molecule has 0 bridgehead atoms. The van der Waals surface area contributed by atoms with Crippen molar-refractivity contribution in [2.45, 2.75) is 12.3 Å². The van der Waals surface area contributed by atoms with Gasteiger partial charge in [-0.1, -0.05) is 24.3 Å². The van der Waals surface area contributed by atoms with Gasteiger partial charge in [0.1, 0.15) is 0 Å². The van der Waals surface area contributed by atoms with Crippen LogP contribution in [0, 0.1) is 0 Å². The lowest BCUT2D eigenvalue weighted by Crippen LogP contribution is -2.23. The molecule has 0 aliphatic heterocycles. The smallest absolute Gasteiger partial charge is 0.168 e. The first-order valence-electron chi connectivity index (χ1n) is 6.48. The normalized spacial score (nSPS) is 12.4. The molecule has 21 heavy (non-hydrogen) atoms. The molecule has 1 heterocycles. The van der Waals surface area contributed by atoms with E-state index >= 15 is 0 Å². The summed E-state index contributed by atoms with van der Waals surface area (Å²) in [7, 11) is -1.30. The first-order chi connectivity index (χ1) is 9.98. The third-order valence-corrected chi connectivity index (χ3v) is 3.75. The van der Waals surface area contributed by atoms with Crippen LogP contribution in [-0.2, 0) is 22.1 Å². The fraction of sp³-hybridized carbons (Fsp3) is 0.267. The highest BCUT2D eigenvalue weighted by molar-refractivity contribution is 7.89. The van der Waals surface area contributed by atoms with Crippen LogP contribution < -0.4 is 5.32 Å². The van der Waals surface area contributed by atoms with Crippen molar-refractivity contribution in [1.29, 1.82) is 0 Å². The topological polar surface area (TPSA) is 71.7 Å². The quantitative estimate of drug-likeness (QED) is 0.677. The van der Waals surface area contributed by atoms with Gasteiger partial charge >= 0.3 is 0 Å². The zero-order chi connectivity index (χ0) is 15.3. The summed E-state index contributed by atoms with van der Waals surface area (Å²) in [6.07, 6.45) is 2.83. The van der Waals surface area contributed by atoms with Crippen molar-refractivity contribution in [3.8, 4) is 0 Å². The van der Waals surface area contributed by atoms with Crippen molar-refractivity contribution in [2.24, 2.45) is 4.99 Å². The van der Waals surface area contributed by atoms with Gasteiger partial charge in [-0.05, 0) is 23.3 Å². The molecule has 0 fully saturated rings. The highest BCUT2D eigenvalue weighted by Gasteiger charge is 2.06. The number of hydrogen-bond acceptors (Lipinski definition) is 4. The van der Waals surface area contributed by atoms with E-state index in [1.807, 2.05) is 36.4 Å². The molecule has 0 aliphatic carbocycles. The number of nitrogens with one attached hydrogen (secondary N) is 1. The average Bonchev–Trinajstić information content (AvgIpc) is 2.94. The van der Waals surface area contributed by atoms with E-state index in [4.69, 9.17) is 4.42 Å². The summed E-state index contributed by atoms with van der Waals surface area (Å²) >= 11 is 0. The summed E-state index contributed by atoms with van der Waals surface area (Å²) < 4.78 is 27.8. The molecule has 1 aromatic carbocycles. The van der Waals surface area contributed by atoms with Gasteiger partial charge in [0.15, 0.2) is 21.4 Å². The maximum absolute atomic E-state index is 11.2. The first kappa shape index (κ1) is 15.3. The molecule has 1 aromatic heterocycles. The molecule has 0 amide bonds. The predicted molar refractivity (Wildman–Crippen MR) is 83.0 cm³/mol. The molecule has 0 radical (unpaired) electrons. The fourth-order valence-electron chi connectivity index (χ4n) is 1.93. The van der Waals surface area contributed by atoms with Crippen LogP contribution in [0.25, 0.3) is 0 Å². The predicted octanol–water partition coefficient (Wildman–Crippen LogP) is 1.99. The SMILES string of the molecule is CN=C(NCc1ccc(CS(C)(=O)=O)cc1)c1ccco1. The Morgan fingerprint density at radius 1 is 1.19 bits per heavy atom. The van der Waals surface area contributed by atoms with Crippen LogP contribution >= 0.6 is 0 Å². The zero-order valence-corrected chi connectivity index (χ0v) is 12.9. The lowest BCUT2D eigenvalue weighted by atomic mass is 10.1. The van der Waals surface area contributed by atoms with Crippen molar-refractivity contribution in [3.63, 3.8) is 0 Å². The second-order valence-electron chi connectivity index (χ2n) is 4.79. The van der Waals surface area contributed by atoms with Gasteiger partial charge < -0.3 is 9.73 Å². The summed E-state index contributed by atoms with van der Waals surface area (Å²) in [5.74, 6) is 1.43. The highest BCUT2D eigenvalue weighted by Crippen LogP contribution is 2.08. The number of aliphatic imine (C=N–C) groups is 1. The van der Waals surface area contributed by atoms with Crippen LogP contribution in [0.2, 0.25) is 0 Å². The van der Waals surface area contributed by atoms with Gasteiger partial charge in [-0.25, -0.2) is 8.42 Å². The van der Waals surface area contributed by atoms with Gasteiger partial charge in [-0.2, -0.15) is 0 Å². The molecule has 1 N–H and O–H groups in total. The lowest BCUT2D eigenvalue weighted by Gasteiger charge is -2.08. The van der Waals surface area contributed by atoms with Crippen LogP contribution in [0.1, 0.15) is 16.9 Å². The van der Waals surface area contributed by atoms with E-state index < -0.39 is 9.84 Å². The molecule has 0 unspecified atom stereocenters. The number of hydrogen-bond donors (Lipinski definition) is 1. The van der Waals surface area contributed by atoms with Crippen LogP contribution in [-0.4, -0.2) is 27.6 Å². The van der Waals surface area contributed by atoms with Crippen LogP contribution in [0.4, 0.5) is 0 Å².